The van der Waals surface area contributed by atoms with Crippen LogP contribution in [0.4, 0.5) is 5.69 Å². The monoisotopic (exact) mass is 338 g/mol. The Kier molecular flexibility index (Phi) is 5.35. The number of morpholine rings is 1. The van der Waals surface area contributed by atoms with E-state index in [1.165, 1.54) is 31.1 Å². The first-order valence-corrected chi connectivity index (χ1v) is 7.28. The standard InChI is InChI=1S/C15H18N2O7/c1-9-12(17(21)22)5-10(6-13(9)23-2)15(20)16-3-4-24-8-11(16)7-14(18)19/h5-6,11H,3-4,7-8H2,1-2H3,(H,18,19). The summed E-state index contributed by atoms with van der Waals surface area (Å²) in [4.78, 5) is 35.7. The van der Waals surface area contributed by atoms with Crippen molar-refractivity contribution in [3.05, 3.63) is 33.4 Å². The van der Waals surface area contributed by atoms with Crippen molar-refractivity contribution in [1.82, 2.24) is 4.90 Å². The maximum Gasteiger partial charge on any atom is 0.305 e. The van der Waals surface area contributed by atoms with Gasteiger partial charge >= 0.3 is 5.97 Å². The van der Waals surface area contributed by atoms with Gasteiger partial charge in [-0.05, 0) is 13.0 Å². The number of benzene rings is 1. The molecular weight excluding hydrogens is 320 g/mol. The summed E-state index contributed by atoms with van der Waals surface area (Å²) in [7, 11) is 1.36. The summed E-state index contributed by atoms with van der Waals surface area (Å²) in [6, 6.07) is 2.00. The third-order valence-corrected chi connectivity index (χ3v) is 3.89. The van der Waals surface area contributed by atoms with E-state index in [2.05, 4.69) is 0 Å². The summed E-state index contributed by atoms with van der Waals surface area (Å²) in [6.07, 6.45) is -0.253. The van der Waals surface area contributed by atoms with E-state index in [0.717, 1.165) is 0 Å². The predicted molar refractivity (Wildman–Crippen MR) is 82.3 cm³/mol. The van der Waals surface area contributed by atoms with Gasteiger partial charge in [-0.2, -0.15) is 0 Å². The van der Waals surface area contributed by atoms with Gasteiger partial charge in [-0.25, -0.2) is 0 Å². The number of hydrogen-bond acceptors (Lipinski definition) is 6. The number of aliphatic carboxylic acids is 1. The molecule has 0 aliphatic carbocycles. The number of nitro benzene ring substituents is 1. The van der Waals surface area contributed by atoms with Crippen molar-refractivity contribution in [3.63, 3.8) is 0 Å². The topological polar surface area (TPSA) is 119 Å². The van der Waals surface area contributed by atoms with E-state index in [1.807, 2.05) is 0 Å². The van der Waals surface area contributed by atoms with Crippen LogP contribution in [0.25, 0.3) is 0 Å². The molecule has 9 heteroatoms. The second-order valence-corrected chi connectivity index (χ2v) is 5.40. The number of carbonyl (C=O) groups is 2. The Morgan fingerprint density at radius 2 is 2.21 bits per heavy atom. The van der Waals surface area contributed by atoms with Gasteiger partial charge in [0, 0.05) is 12.6 Å². The van der Waals surface area contributed by atoms with E-state index < -0.39 is 22.8 Å². The number of carboxylic acids is 1. The van der Waals surface area contributed by atoms with E-state index in [4.69, 9.17) is 14.6 Å². The summed E-state index contributed by atoms with van der Waals surface area (Å²) >= 11 is 0. The molecule has 24 heavy (non-hydrogen) atoms. The zero-order valence-corrected chi connectivity index (χ0v) is 13.4. The van der Waals surface area contributed by atoms with Crippen molar-refractivity contribution in [2.45, 2.75) is 19.4 Å². The van der Waals surface area contributed by atoms with Crippen LogP contribution in [0.15, 0.2) is 12.1 Å². The lowest BCUT2D eigenvalue weighted by atomic mass is 10.1. The first-order chi connectivity index (χ1) is 11.3. The van der Waals surface area contributed by atoms with Crippen LogP contribution >= 0.6 is 0 Å². The fraction of sp³-hybridized carbons (Fsp3) is 0.467. The number of carbonyl (C=O) groups excluding carboxylic acids is 1. The number of nitro groups is 1. The van der Waals surface area contributed by atoms with Crippen LogP contribution in [0, 0.1) is 17.0 Å². The SMILES string of the molecule is COc1cc(C(=O)N2CCOCC2CC(=O)O)cc([N+](=O)[O-])c1C. The average Bonchev–Trinajstić information content (AvgIpc) is 2.54. The van der Waals surface area contributed by atoms with Gasteiger partial charge in [-0.15, -0.1) is 0 Å². The quantitative estimate of drug-likeness (QED) is 0.633. The van der Waals surface area contributed by atoms with E-state index in [1.54, 1.807) is 0 Å². The number of hydrogen-bond donors (Lipinski definition) is 1. The fourth-order valence-electron chi connectivity index (χ4n) is 2.66. The molecule has 1 aromatic rings. The van der Waals surface area contributed by atoms with E-state index >= 15 is 0 Å². The zero-order chi connectivity index (χ0) is 17.9. The molecule has 0 saturated carbocycles. The molecule has 1 aliphatic rings. The number of rotatable bonds is 5. The molecule has 0 radical (unpaired) electrons. The molecule has 0 bridgehead atoms. The van der Waals surface area contributed by atoms with Crippen LogP contribution in [0.1, 0.15) is 22.3 Å². The largest absolute Gasteiger partial charge is 0.496 e. The lowest BCUT2D eigenvalue weighted by molar-refractivity contribution is -0.385. The number of methoxy groups -OCH3 is 1. The number of ether oxygens (including phenoxy) is 2. The second-order valence-electron chi connectivity index (χ2n) is 5.40. The molecule has 1 N–H and O–H groups in total. The minimum absolute atomic E-state index is 0.0847. The van der Waals surface area contributed by atoms with Crippen LogP contribution in [0.2, 0.25) is 0 Å². The van der Waals surface area contributed by atoms with Gasteiger partial charge in [0.25, 0.3) is 11.6 Å². The van der Waals surface area contributed by atoms with Crippen molar-refractivity contribution in [2.75, 3.05) is 26.9 Å². The highest BCUT2D eigenvalue weighted by molar-refractivity contribution is 5.96. The molecule has 0 spiro atoms. The predicted octanol–water partition coefficient (Wildman–Crippen LogP) is 1.23. The molecule has 1 atom stereocenters. The van der Waals surface area contributed by atoms with Gasteiger partial charge < -0.3 is 19.5 Å². The Morgan fingerprint density at radius 1 is 1.50 bits per heavy atom. The van der Waals surface area contributed by atoms with Gasteiger partial charge in [0.1, 0.15) is 5.75 Å². The molecule has 1 aromatic carbocycles. The van der Waals surface area contributed by atoms with Crippen molar-refractivity contribution in [1.29, 1.82) is 0 Å². The Morgan fingerprint density at radius 3 is 2.79 bits per heavy atom. The van der Waals surface area contributed by atoms with Crippen molar-refractivity contribution in [2.24, 2.45) is 0 Å². The normalized spacial score (nSPS) is 17.4. The summed E-state index contributed by atoms with van der Waals surface area (Å²) < 4.78 is 10.3. The molecule has 0 aromatic heterocycles. The van der Waals surface area contributed by atoms with Gasteiger partial charge in [-0.1, -0.05) is 0 Å². The molecule has 1 heterocycles. The minimum Gasteiger partial charge on any atom is -0.496 e. The minimum atomic E-state index is -1.05. The highest BCUT2D eigenvalue weighted by Gasteiger charge is 2.31. The van der Waals surface area contributed by atoms with Crippen LogP contribution < -0.4 is 4.74 Å². The van der Waals surface area contributed by atoms with Crippen LogP contribution in [-0.2, 0) is 9.53 Å². The van der Waals surface area contributed by atoms with Crippen molar-refractivity contribution in [3.8, 4) is 5.75 Å². The first-order valence-electron chi connectivity index (χ1n) is 7.28. The summed E-state index contributed by atoms with van der Waals surface area (Å²) in [6.45, 7) is 2.16. The van der Waals surface area contributed by atoms with Crippen LogP contribution in [-0.4, -0.2) is 59.7 Å². The third-order valence-electron chi connectivity index (χ3n) is 3.89. The fourth-order valence-corrected chi connectivity index (χ4v) is 2.66. The van der Waals surface area contributed by atoms with E-state index in [-0.39, 0.29) is 43.2 Å². The summed E-state index contributed by atoms with van der Waals surface area (Å²) in [5, 5.41) is 20.1. The first kappa shape index (κ1) is 17.7. The van der Waals surface area contributed by atoms with Crippen LogP contribution in [0.3, 0.4) is 0 Å². The molecule has 1 aliphatic heterocycles. The molecule has 1 fully saturated rings. The van der Waals surface area contributed by atoms with E-state index in [0.29, 0.717) is 5.56 Å². The highest BCUT2D eigenvalue weighted by atomic mass is 16.6. The van der Waals surface area contributed by atoms with Gasteiger partial charge in [0.15, 0.2) is 0 Å². The molecule has 9 nitrogen and oxygen atoms in total. The smallest absolute Gasteiger partial charge is 0.305 e. The lowest BCUT2D eigenvalue weighted by Crippen LogP contribution is -2.49. The molecular formula is C15H18N2O7. The third kappa shape index (κ3) is 3.62. The Bertz CT molecular complexity index is 674. The molecule has 130 valence electrons. The number of carboxylic acid groups (broad SMARTS) is 1. The Hall–Kier alpha value is -2.68. The second kappa shape index (κ2) is 7.26. The zero-order valence-electron chi connectivity index (χ0n) is 13.4. The maximum atomic E-state index is 12.7. The van der Waals surface area contributed by atoms with Gasteiger partial charge in [-0.3, -0.25) is 19.7 Å². The molecule has 2 rings (SSSR count). The van der Waals surface area contributed by atoms with Crippen LogP contribution in [0.5, 0.6) is 5.75 Å². The van der Waals surface area contributed by atoms with E-state index in [9.17, 15) is 19.7 Å². The summed E-state index contributed by atoms with van der Waals surface area (Å²) in [5.41, 5.74) is 0.185. The maximum absolute atomic E-state index is 12.7. The Balaban J connectivity index is 2.38. The lowest BCUT2D eigenvalue weighted by Gasteiger charge is -2.35. The molecule has 1 amide bonds. The van der Waals surface area contributed by atoms with Gasteiger partial charge in [0.05, 0.1) is 48.8 Å². The van der Waals surface area contributed by atoms with Gasteiger partial charge in [0.2, 0.25) is 0 Å². The van der Waals surface area contributed by atoms with Crippen molar-refractivity contribution < 1.29 is 29.1 Å². The summed E-state index contributed by atoms with van der Waals surface area (Å²) in [5.74, 6) is -1.29. The van der Waals surface area contributed by atoms with Crippen molar-refractivity contribution >= 4 is 17.6 Å². The Labute approximate surface area is 137 Å². The molecule has 1 saturated heterocycles. The number of amides is 1. The average molecular weight is 338 g/mol. The molecule has 1 unspecified atom stereocenters. The highest BCUT2D eigenvalue weighted by Crippen LogP contribution is 2.30. The number of nitrogens with zero attached hydrogens (tertiary/aromatic N) is 2.